The van der Waals surface area contributed by atoms with Crippen LogP contribution in [0.5, 0.6) is 0 Å². The van der Waals surface area contributed by atoms with Crippen molar-refractivity contribution in [3.63, 3.8) is 0 Å². The first-order valence-electron chi connectivity index (χ1n) is 2.51. The lowest BCUT2D eigenvalue weighted by Gasteiger charge is -1.69. The number of allylic oxidation sites excluding steroid dienone is 1. The molecule has 0 aliphatic heterocycles. The molecule has 0 aromatic heterocycles. The molecule has 0 aromatic carbocycles. The van der Waals surface area contributed by atoms with Gasteiger partial charge >= 0.3 is 0 Å². The van der Waals surface area contributed by atoms with Crippen molar-refractivity contribution >= 4 is 0 Å². The second-order valence-corrected chi connectivity index (χ2v) is 1.13. The van der Waals surface area contributed by atoms with Crippen LogP contribution in [-0.2, 0) is 0 Å². The summed E-state index contributed by atoms with van der Waals surface area (Å²) in [5, 5.41) is 7.88. The second-order valence-electron chi connectivity index (χ2n) is 1.13. The Morgan fingerprint density at radius 2 is 1.56 bits per heavy atom. The summed E-state index contributed by atoms with van der Waals surface area (Å²) in [7, 11) is 0. The summed E-state index contributed by atoms with van der Waals surface area (Å²) in [5.74, 6) is 0. The van der Waals surface area contributed by atoms with E-state index in [1.54, 1.807) is 6.08 Å². The molecule has 0 aromatic rings. The van der Waals surface area contributed by atoms with Crippen LogP contribution in [0.2, 0.25) is 0 Å². The van der Waals surface area contributed by atoms with Crippen molar-refractivity contribution in [3.8, 4) is 0 Å². The molecule has 0 rings (SSSR count). The molecule has 9 heavy (non-hydrogen) atoms. The Labute approximate surface area is 60.4 Å². The Bertz CT molecular complexity index is 23.7. The zero-order chi connectivity index (χ0) is 6.12. The zero-order valence-corrected chi connectivity index (χ0v) is 5.15. The monoisotopic (exact) mass is 134 g/mol. The van der Waals surface area contributed by atoms with Crippen LogP contribution in [-0.4, -0.2) is 11.7 Å². The lowest BCUT2D eigenvalue weighted by molar-refractivity contribution is 0.295. The van der Waals surface area contributed by atoms with Crippen LogP contribution in [0.1, 0.15) is 35.1 Å². The van der Waals surface area contributed by atoms with E-state index >= 15 is 0 Å². The van der Waals surface area contributed by atoms with E-state index in [2.05, 4.69) is 6.58 Å². The first-order chi connectivity index (χ1) is 3.33. The maximum atomic E-state index is 7.88. The summed E-state index contributed by atoms with van der Waals surface area (Å²) in [6, 6.07) is 0. The van der Waals surface area contributed by atoms with Gasteiger partial charge in [0.25, 0.3) is 0 Å². The number of aliphatic hydroxyl groups excluding tert-OH is 1. The fourth-order valence-corrected chi connectivity index (χ4v) is 0. The fourth-order valence-electron chi connectivity index (χ4n) is 0. The Morgan fingerprint density at radius 3 is 1.56 bits per heavy atom. The van der Waals surface area contributed by atoms with Crippen LogP contribution < -0.4 is 0 Å². The standard InChI is InChI=1S/C3H8O.C3H6.2CH4/c1-2-3-4;1-3-2;;/h4H,2-3H2,1H3;3H,1H2,2H3;2*1H4. The van der Waals surface area contributed by atoms with Gasteiger partial charge < -0.3 is 5.11 Å². The van der Waals surface area contributed by atoms with E-state index in [0.717, 1.165) is 6.42 Å². The van der Waals surface area contributed by atoms with Gasteiger partial charge in [-0.05, 0) is 13.3 Å². The highest BCUT2D eigenvalue weighted by atomic mass is 16.2. The largest absolute Gasteiger partial charge is 0.396 e. The van der Waals surface area contributed by atoms with Crippen molar-refractivity contribution in [3.05, 3.63) is 12.7 Å². The van der Waals surface area contributed by atoms with Crippen LogP contribution in [0.4, 0.5) is 0 Å². The zero-order valence-electron chi connectivity index (χ0n) is 5.15. The molecule has 0 bridgehead atoms. The number of rotatable bonds is 1. The highest BCUT2D eigenvalue weighted by molar-refractivity contribution is 4.51. The lowest BCUT2D eigenvalue weighted by atomic mass is 10.5. The summed E-state index contributed by atoms with van der Waals surface area (Å²) >= 11 is 0. The summed E-state index contributed by atoms with van der Waals surface area (Å²) in [6.45, 7) is 7.50. The van der Waals surface area contributed by atoms with Crippen molar-refractivity contribution in [2.45, 2.75) is 35.1 Å². The molecule has 1 N–H and O–H groups in total. The average Bonchev–Trinajstić information content (AvgIpc) is 1.69. The predicted molar refractivity (Wildman–Crippen MR) is 46.7 cm³/mol. The van der Waals surface area contributed by atoms with Gasteiger partial charge in [-0.25, -0.2) is 0 Å². The van der Waals surface area contributed by atoms with E-state index in [1.807, 2.05) is 13.8 Å². The molecule has 0 aliphatic carbocycles. The third-order valence-corrected chi connectivity index (χ3v) is 0.224. The van der Waals surface area contributed by atoms with E-state index in [9.17, 15) is 0 Å². The highest BCUT2D eigenvalue weighted by Crippen LogP contribution is 1.61. The van der Waals surface area contributed by atoms with Gasteiger partial charge in [0.15, 0.2) is 0 Å². The van der Waals surface area contributed by atoms with E-state index < -0.39 is 0 Å². The van der Waals surface area contributed by atoms with E-state index in [1.165, 1.54) is 0 Å². The summed E-state index contributed by atoms with van der Waals surface area (Å²) in [5.41, 5.74) is 0. The Balaban J connectivity index is -0.0000000233. The smallest absolute Gasteiger partial charge is 0.0428 e. The van der Waals surface area contributed by atoms with Crippen LogP contribution in [0, 0.1) is 0 Å². The van der Waals surface area contributed by atoms with Crippen LogP contribution in [0.3, 0.4) is 0 Å². The lowest BCUT2D eigenvalue weighted by Crippen LogP contribution is -1.69. The van der Waals surface area contributed by atoms with Gasteiger partial charge in [0, 0.05) is 6.61 Å². The molecule has 0 fully saturated rings. The van der Waals surface area contributed by atoms with Crippen molar-refractivity contribution in [1.82, 2.24) is 0 Å². The Morgan fingerprint density at radius 1 is 1.44 bits per heavy atom. The minimum Gasteiger partial charge on any atom is -0.396 e. The summed E-state index contributed by atoms with van der Waals surface area (Å²) in [4.78, 5) is 0. The SMILES string of the molecule is C.C.C=CC.CCCO. The van der Waals surface area contributed by atoms with E-state index in [0.29, 0.717) is 6.61 Å². The molecular formula is C8H22O. The Hall–Kier alpha value is -0.300. The summed E-state index contributed by atoms with van der Waals surface area (Å²) in [6.07, 6.45) is 2.62. The van der Waals surface area contributed by atoms with Crippen LogP contribution in [0.15, 0.2) is 12.7 Å². The first-order valence-corrected chi connectivity index (χ1v) is 2.51. The highest BCUT2D eigenvalue weighted by Gasteiger charge is 1.57. The molecule has 0 amide bonds. The molecule has 0 unspecified atom stereocenters. The third-order valence-electron chi connectivity index (χ3n) is 0.224. The summed E-state index contributed by atoms with van der Waals surface area (Å²) < 4.78 is 0. The molecule has 1 nitrogen and oxygen atoms in total. The molecule has 0 spiro atoms. The molecule has 0 aliphatic rings. The van der Waals surface area contributed by atoms with Gasteiger partial charge in [-0.1, -0.05) is 27.9 Å². The second kappa shape index (κ2) is 47.4. The van der Waals surface area contributed by atoms with Crippen molar-refractivity contribution in [1.29, 1.82) is 0 Å². The van der Waals surface area contributed by atoms with Gasteiger partial charge in [0.2, 0.25) is 0 Å². The minimum absolute atomic E-state index is 0. The van der Waals surface area contributed by atoms with Gasteiger partial charge in [-0.2, -0.15) is 0 Å². The van der Waals surface area contributed by atoms with Crippen molar-refractivity contribution < 1.29 is 5.11 Å². The Kier molecular flexibility index (Phi) is 123. The van der Waals surface area contributed by atoms with E-state index in [-0.39, 0.29) is 14.9 Å². The number of aliphatic hydroxyl groups is 1. The van der Waals surface area contributed by atoms with E-state index in [4.69, 9.17) is 5.11 Å². The van der Waals surface area contributed by atoms with Gasteiger partial charge in [0.1, 0.15) is 0 Å². The molecule has 60 valence electrons. The minimum atomic E-state index is 0. The first kappa shape index (κ1) is 23.4. The topological polar surface area (TPSA) is 20.2 Å². The number of hydrogen-bond acceptors (Lipinski definition) is 1. The molecule has 0 atom stereocenters. The van der Waals surface area contributed by atoms with Gasteiger partial charge in [0.05, 0.1) is 0 Å². The maximum Gasteiger partial charge on any atom is 0.0428 e. The third kappa shape index (κ3) is 511. The average molecular weight is 134 g/mol. The maximum absolute atomic E-state index is 7.88. The van der Waals surface area contributed by atoms with Crippen molar-refractivity contribution in [2.24, 2.45) is 0 Å². The molecule has 0 saturated carbocycles. The van der Waals surface area contributed by atoms with Crippen molar-refractivity contribution in [2.75, 3.05) is 6.61 Å². The predicted octanol–water partition coefficient (Wildman–Crippen LogP) is 2.85. The number of hydrogen-bond donors (Lipinski definition) is 1. The molecule has 0 heterocycles. The van der Waals surface area contributed by atoms with Gasteiger partial charge in [-0.3, -0.25) is 0 Å². The molecule has 1 heteroatoms. The quantitative estimate of drug-likeness (QED) is 0.547. The fraction of sp³-hybridized carbons (Fsp3) is 0.750. The molecule has 0 radical (unpaired) electrons. The van der Waals surface area contributed by atoms with Gasteiger partial charge in [-0.15, -0.1) is 6.58 Å². The van der Waals surface area contributed by atoms with Crippen LogP contribution >= 0.6 is 0 Å². The molecular weight excluding hydrogens is 112 g/mol. The molecule has 0 saturated heterocycles. The normalized spacial score (nSPS) is 4.78. The van der Waals surface area contributed by atoms with Crippen LogP contribution in [0.25, 0.3) is 0 Å².